The molecule has 33 heavy (non-hydrogen) atoms. The number of piperidine rings is 1. The van der Waals surface area contributed by atoms with Crippen LogP contribution in [0.3, 0.4) is 0 Å². The molecule has 3 heterocycles. The fraction of sp³-hybridized carbons (Fsp3) is 0.440. The predicted molar refractivity (Wildman–Crippen MR) is 125 cm³/mol. The second kappa shape index (κ2) is 9.43. The zero-order valence-corrected chi connectivity index (χ0v) is 19.5. The van der Waals surface area contributed by atoms with Crippen molar-refractivity contribution in [2.24, 2.45) is 5.10 Å². The van der Waals surface area contributed by atoms with Gasteiger partial charge in [-0.15, -0.1) is 0 Å². The third kappa shape index (κ3) is 4.77. The topological polar surface area (TPSA) is 63.6 Å². The Bertz CT molecular complexity index is 1030. The van der Waals surface area contributed by atoms with E-state index in [1.807, 2.05) is 48.5 Å². The SMILES string of the molecule is COc1cccc(C2=NN(C(=O)CN3CCC4(CC3)OCCO4)C(c3ccc(Cl)cc3)C2)c1. The maximum Gasteiger partial charge on any atom is 0.257 e. The van der Waals surface area contributed by atoms with E-state index in [1.54, 1.807) is 12.1 Å². The first-order chi connectivity index (χ1) is 16.0. The molecule has 3 aliphatic rings. The average Bonchev–Trinajstić information content (AvgIpc) is 3.49. The normalized spacial score (nSPS) is 22.5. The Kier molecular flexibility index (Phi) is 6.38. The molecule has 2 aromatic carbocycles. The third-order valence-corrected chi connectivity index (χ3v) is 6.87. The Morgan fingerprint density at radius 3 is 2.58 bits per heavy atom. The lowest BCUT2D eigenvalue weighted by Crippen LogP contribution is -2.48. The minimum atomic E-state index is -0.448. The molecule has 0 radical (unpaired) electrons. The summed E-state index contributed by atoms with van der Waals surface area (Å²) >= 11 is 6.11. The molecule has 1 amide bonds. The number of ether oxygens (including phenoxy) is 3. The number of hydrogen-bond donors (Lipinski definition) is 0. The molecule has 2 fully saturated rings. The Labute approximate surface area is 198 Å². The number of methoxy groups -OCH3 is 1. The van der Waals surface area contributed by atoms with Crippen molar-refractivity contribution in [3.63, 3.8) is 0 Å². The molecule has 0 N–H and O–H groups in total. The van der Waals surface area contributed by atoms with Crippen molar-refractivity contribution in [1.29, 1.82) is 0 Å². The Balaban J connectivity index is 1.34. The number of amides is 1. The van der Waals surface area contributed by atoms with Crippen LogP contribution < -0.4 is 4.74 Å². The zero-order valence-electron chi connectivity index (χ0n) is 18.7. The lowest BCUT2D eigenvalue weighted by Gasteiger charge is -2.37. The number of carbonyl (C=O) groups is 1. The van der Waals surface area contributed by atoms with Crippen LogP contribution in [0.1, 0.15) is 36.4 Å². The fourth-order valence-corrected chi connectivity index (χ4v) is 4.89. The summed E-state index contributed by atoms with van der Waals surface area (Å²) in [7, 11) is 1.65. The van der Waals surface area contributed by atoms with Crippen LogP contribution in [0.25, 0.3) is 0 Å². The van der Waals surface area contributed by atoms with Gasteiger partial charge >= 0.3 is 0 Å². The number of rotatable bonds is 5. The predicted octanol–water partition coefficient (Wildman–Crippen LogP) is 3.87. The molecule has 174 valence electrons. The first kappa shape index (κ1) is 22.3. The van der Waals surface area contributed by atoms with E-state index in [9.17, 15) is 4.79 Å². The summed E-state index contributed by atoms with van der Waals surface area (Å²) in [6, 6.07) is 15.3. The maximum absolute atomic E-state index is 13.4. The van der Waals surface area contributed by atoms with E-state index in [-0.39, 0.29) is 11.9 Å². The molecule has 2 saturated heterocycles. The van der Waals surface area contributed by atoms with Gasteiger partial charge in [0.25, 0.3) is 5.91 Å². The molecule has 0 aliphatic carbocycles. The summed E-state index contributed by atoms with van der Waals surface area (Å²) in [5, 5.41) is 7.10. The molecule has 8 heteroatoms. The van der Waals surface area contributed by atoms with E-state index in [0.717, 1.165) is 48.5 Å². The van der Waals surface area contributed by atoms with Crippen LogP contribution in [0.2, 0.25) is 5.02 Å². The van der Waals surface area contributed by atoms with Crippen molar-refractivity contribution < 1.29 is 19.0 Å². The molecule has 2 aromatic rings. The van der Waals surface area contributed by atoms with Gasteiger partial charge in [0, 0.05) is 42.9 Å². The fourth-order valence-electron chi connectivity index (χ4n) is 4.76. The van der Waals surface area contributed by atoms with Gasteiger partial charge in [-0.3, -0.25) is 9.69 Å². The molecule has 1 spiro atoms. The maximum atomic E-state index is 13.4. The van der Waals surface area contributed by atoms with Gasteiger partial charge in [-0.2, -0.15) is 5.10 Å². The Hall–Kier alpha value is -2.45. The van der Waals surface area contributed by atoms with Gasteiger partial charge in [0.2, 0.25) is 0 Å². The number of likely N-dealkylation sites (tertiary alicyclic amines) is 1. The number of hydrogen-bond acceptors (Lipinski definition) is 6. The highest BCUT2D eigenvalue weighted by atomic mass is 35.5. The van der Waals surface area contributed by atoms with Gasteiger partial charge in [-0.25, -0.2) is 5.01 Å². The van der Waals surface area contributed by atoms with Crippen molar-refractivity contribution in [3.05, 3.63) is 64.7 Å². The number of hydrazone groups is 1. The van der Waals surface area contributed by atoms with E-state index in [1.165, 1.54) is 0 Å². The van der Waals surface area contributed by atoms with Crippen molar-refractivity contribution in [3.8, 4) is 5.75 Å². The summed E-state index contributed by atoms with van der Waals surface area (Å²) in [6.45, 7) is 3.14. The second-order valence-corrected chi connectivity index (χ2v) is 9.11. The van der Waals surface area contributed by atoms with Crippen LogP contribution >= 0.6 is 11.6 Å². The van der Waals surface area contributed by atoms with Crippen LogP contribution in [-0.2, 0) is 14.3 Å². The van der Waals surface area contributed by atoms with Crippen molar-refractivity contribution >= 4 is 23.2 Å². The minimum absolute atomic E-state index is 0.0166. The summed E-state index contributed by atoms with van der Waals surface area (Å²) in [5.41, 5.74) is 2.84. The first-order valence-electron chi connectivity index (χ1n) is 11.3. The lowest BCUT2D eigenvalue weighted by atomic mass is 9.98. The molecule has 5 rings (SSSR count). The number of nitrogens with zero attached hydrogens (tertiary/aromatic N) is 3. The van der Waals surface area contributed by atoms with Crippen LogP contribution in [0.5, 0.6) is 5.75 Å². The zero-order chi connectivity index (χ0) is 22.8. The van der Waals surface area contributed by atoms with Crippen molar-refractivity contribution in [1.82, 2.24) is 9.91 Å². The Morgan fingerprint density at radius 2 is 1.88 bits per heavy atom. The molecule has 0 aromatic heterocycles. The highest BCUT2D eigenvalue weighted by Gasteiger charge is 2.41. The van der Waals surface area contributed by atoms with Gasteiger partial charge in [0.05, 0.1) is 38.6 Å². The standard InChI is InChI=1S/C25H28ClN3O4/c1-31-21-4-2-3-19(15-21)22-16-23(18-5-7-20(26)8-6-18)29(27-22)24(30)17-28-11-9-25(10-12-28)32-13-14-33-25/h2-8,15,23H,9-14,16-17H2,1H3. The monoisotopic (exact) mass is 469 g/mol. The molecule has 0 bridgehead atoms. The number of benzene rings is 2. The van der Waals surface area contributed by atoms with E-state index < -0.39 is 5.79 Å². The molecular formula is C25H28ClN3O4. The quantitative estimate of drug-likeness (QED) is 0.665. The average molecular weight is 470 g/mol. The van der Waals surface area contributed by atoms with E-state index >= 15 is 0 Å². The van der Waals surface area contributed by atoms with Gasteiger partial charge in [0.15, 0.2) is 5.79 Å². The summed E-state index contributed by atoms with van der Waals surface area (Å²) in [5.74, 6) is 0.301. The van der Waals surface area contributed by atoms with Crippen molar-refractivity contribution in [2.45, 2.75) is 31.1 Å². The highest BCUT2D eigenvalue weighted by Crippen LogP contribution is 2.35. The minimum Gasteiger partial charge on any atom is -0.497 e. The van der Waals surface area contributed by atoms with Gasteiger partial charge in [0.1, 0.15) is 5.75 Å². The van der Waals surface area contributed by atoms with Crippen molar-refractivity contribution in [2.75, 3.05) is 40.0 Å². The molecule has 3 aliphatic heterocycles. The largest absolute Gasteiger partial charge is 0.497 e. The first-order valence-corrected chi connectivity index (χ1v) is 11.7. The van der Waals surface area contributed by atoms with E-state index in [4.69, 9.17) is 30.9 Å². The molecule has 7 nitrogen and oxygen atoms in total. The van der Waals surface area contributed by atoms with E-state index in [0.29, 0.717) is 31.2 Å². The molecular weight excluding hydrogens is 442 g/mol. The molecule has 1 atom stereocenters. The van der Waals surface area contributed by atoms with E-state index in [2.05, 4.69) is 4.90 Å². The smallest absolute Gasteiger partial charge is 0.257 e. The summed E-state index contributed by atoms with van der Waals surface area (Å²) in [6.07, 6.45) is 2.18. The van der Waals surface area contributed by atoms with Crippen LogP contribution in [-0.4, -0.2) is 67.3 Å². The van der Waals surface area contributed by atoms with Crippen LogP contribution in [0, 0.1) is 0 Å². The summed E-state index contributed by atoms with van der Waals surface area (Å²) < 4.78 is 17.0. The van der Waals surface area contributed by atoms with Gasteiger partial charge < -0.3 is 14.2 Å². The summed E-state index contributed by atoms with van der Waals surface area (Å²) in [4.78, 5) is 15.6. The van der Waals surface area contributed by atoms with Crippen LogP contribution in [0.4, 0.5) is 0 Å². The Morgan fingerprint density at radius 1 is 1.15 bits per heavy atom. The highest BCUT2D eigenvalue weighted by molar-refractivity contribution is 6.30. The third-order valence-electron chi connectivity index (χ3n) is 6.61. The molecule has 0 saturated carbocycles. The molecule has 1 unspecified atom stereocenters. The number of carbonyl (C=O) groups excluding carboxylic acids is 1. The van der Waals surface area contributed by atoms with Crippen LogP contribution in [0.15, 0.2) is 53.6 Å². The second-order valence-electron chi connectivity index (χ2n) is 8.67. The number of halogens is 1. The lowest BCUT2D eigenvalue weighted by molar-refractivity contribution is -0.186. The van der Waals surface area contributed by atoms with Gasteiger partial charge in [-0.05, 0) is 29.8 Å². The van der Waals surface area contributed by atoms with Gasteiger partial charge in [-0.1, -0.05) is 35.9 Å².